The van der Waals surface area contributed by atoms with Crippen molar-refractivity contribution in [2.45, 2.75) is 110 Å². The van der Waals surface area contributed by atoms with Gasteiger partial charge in [-0.05, 0) is 74.8 Å². The minimum atomic E-state index is -4.50. The molecule has 0 aliphatic carbocycles. The monoisotopic (exact) mass is 652 g/mol. The van der Waals surface area contributed by atoms with Crippen molar-refractivity contribution in [2.75, 3.05) is 0 Å². The summed E-state index contributed by atoms with van der Waals surface area (Å²) in [5.41, 5.74) is -4.10. The van der Waals surface area contributed by atoms with Crippen LogP contribution in [0.4, 0.5) is 0 Å². The van der Waals surface area contributed by atoms with E-state index in [9.17, 15) is 38.8 Å². The third kappa shape index (κ3) is 17.8. The van der Waals surface area contributed by atoms with Crippen molar-refractivity contribution < 1.29 is 73.0 Å². The maximum Gasteiger partial charge on any atom is 0.361 e. The van der Waals surface area contributed by atoms with Gasteiger partial charge in [0.25, 0.3) is 11.7 Å². The first-order valence-electron chi connectivity index (χ1n) is 13.0. The number of aliphatic carboxylic acids is 4. The lowest BCUT2D eigenvalue weighted by molar-refractivity contribution is -0.199. The SMILES string of the molecule is CC(=O)C(OC(C)(C)C)P(=O)(O)O.CC(C)(C)OC(C(=O)O)C(=O)O.CC(C)(C)OC(Cc1ccccc1)(C(=O)O)C(=O)O. The van der Waals surface area contributed by atoms with Gasteiger partial charge in [-0.3, -0.25) is 9.36 Å². The highest BCUT2D eigenvalue weighted by Gasteiger charge is 2.50. The molecular formula is C28H45O15P. The number of hydrogen-bond donors (Lipinski definition) is 6. The molecule has 0 radical (unpaired) electrons. The summed E-state index contributed by atoms with van der Waals surface area (Å²) >= 11 is 0. The van der Waals surface area contributed by atoms with Crippen molar-refractivity contribution in [2.24, 2.45) is 0 Å². The van der Waals surface area contributed by atoms with Gasteiger partial charge in [0, 0.05) is 6.42 Å². The van der Waals surface area contributed by atoms with Crippen LogP contribution in [-0.4, -0.2) is 94.2 Å². The van der Waals surface area contributed by atoms with Crippen molar-refractivity contribution in [3.63, 3.8) is 0 Å². The summed E-state index contributed by atoms with van der Waals surface area (Å²) in [4.78, 5) is 71.9. The van der Waals surface area contributed by atoms with Gasteiger partial charge in [0.2, 0.25) is 5.85 Å². The number of ketones is 1. The molecule has 1 unspecified atom stereocenters. The molecule has 0 saturated carbocycles. The van der Waals surface area contributed by atoms with E-state index in [0.717, 1.165) is 6.92 Å². The Bertz CT molecular complexity index is 1140. The number of benzene rings is 1. The number of hydrogen-bond acceptors (Lipinski definition) is 9. The largest absolute Gasteiger partial charge is 0.479 e. The third-order valence-electron chi connectivity index (χ3n) is 4.51. The molecule has 44 heavy (non-hydrogen) atoms. The zero-order valence-corrected chi connectivity index (χ0v) is 27.4. The summed E-state index contributed by atoms with van der Waals surface area (Å²) in [5, 5.41) is 35.4. The van der Waals surface area contributed by atoms with Gasteiger partial charge in [0.05, 0.1) is 16.8 Å². The van der Waals surface area contributed by atoms with Crippen LogP contribution >= 0.6 is 7.60 Å². The number of rotatable bonds is 11. The van der Waals surface area contributed by atoms with Gasteiger partial charge < -0.3 is 44.4 Å². The summed E-state index contributed by atoms with van der Waals surface area (Å²) in [5.74, 6) is -8.29. The van der Waals surface area contributed by atoms with E-state index in [1.807, 2.05) is 0 Å². The van der Waals surface area contributed by atoms with Crippen LogP contribution in [0.1, 0.15) is 74.8 Å². The highest BCUT2D eigenvalue weighted by atomic mass is 31.2. The maximum atomic E-state index is 11.4. The molecule has 0 aromatic heterocycles. The predicted octanol–water partition coefficient (Wildman–Crippen LogP) is 3.19. The van der Waals surface area contributed by atoms with Gasteiger partial charge >= 0.3 is 31.5 Å². The fourth-order valence-corrected chi connectivity index (χ4v) is 3.98. The minimum absolute atomic E-state index is 0.226. The predicted molar refractivity (Wildman–Crippen MR) is 156 cm³/mol. The number of ether oxygens (including phenoxy) is 3. The first-order valence-corrected chi connectivity index (χ1v) is 14.7. The van der Waals surface area contributed by atoms with Gasteiger partial charge in [0.1, 0.15) is 0 Å². The average Bonchev–Trinajstić information content (AvgIpc) is 2.78. The van der Waals surface area contributed by atoms with Crippen LogP contribution in [0.5, 0.6) is 0 Å². The zero-order valence-electron chi connectivity index (χ0n) is 26.6. The molecule has 0 amide bonds. The van der Waals surface area contributed by atoms with E-state index in [2.05, 4.69) is 0 Å². The molecule has 15 nitrogen and oxygen atoms in total. The van der Waals surface area contributed by atoms with Gasteiger partial charge in [-0.25, -0.2) is 19.2 Å². The van der Waals surface area contributed by atoms with Crippen molar-refractivity contribution in [3.05, 3.63) is 35.9 Å². The fourth-order valence-electron chi connectivity index (χ4n) is 3.06. The van der Waals surface area contributed by atoms with Crippen molar-refractivity contribution in [3.8, 4) is 0 Å². The first kappa shape index (κ1) is 42.9. The van der Waals surface area contributed by atoms with E-state index < -0.39 is 71.6 Å². The van der Waals surface area contributed by atoms with Crippen LogP contribution < -0.4 is 0 Å². The molecule has 252 valence electrons. The number of carboxylic acid groups (broad SMARTS) is 4. The number of carbonyl (C=O) groups excluding carboxylic acids is 1. The highest BCUT2D eigenvalue weighted by Crippen LogP contribution is 2.43. The Morgan fingerprint density at radius 2 is 1.09 bits per heavy atom. The fraction of sp³-hybridized carbons (Fsp3) is 0.607. The molecule has 1 aromatic carbocycles. The smallest absolute Gasteiger partial charge is 0.361 e. The molecular weight excluding hydrogens is 607 g/mol. The molecule has 0 bridgehead atoms. The lowest BCUT2D eigenvalue weighted by Gasteiger charge is -2.32. The van der Waals surface area contributed by atoms with Crippen LogP contribution in [0.15, 0.2) is 30.3 Å². The number of carboxylic acids is 4. The molecule has 0 aliphatic heterocycles. The molecule has 1 aromatic rings. The molecule has 1 rings (SSSR count). The molecule has 0 saturated heterocycles. The lowest BCUT2D eigenvalue weighted by atomic mass is 9.93. The Morgan fingerprint density at radius 1 is 0.705 bits per heavy atom. The van der Waals surface area contributed by atoms with Gasteiger partial charge in [-0.2, -0.15) is 0 Å². The summed E-state index contributed by atoms with van der Waals surface area (Å²) in [6.07, 6.45) is -2.01. The Hall–Kier alpha value is -3.20. The van der Waals surface area contributed by atoms with E-state index in [0.29, 0.717) is 5.56 Å². The van der Waals surface area contributed by atoms with Crippen LogP contribution in [-0.2, 0) is 49.2 Å². The second-order valence-electron chi connectivity index (χ2n) is 12.4. The van der Waals surface area contributed by atoms with E-state index >= 15 is 0 Å². The first-order chi connectivity index (χ1) is 19.4. The summed E-state index contributed by atoms with van der Waals surface area (Å²) in [6.45, 7) is 15.6. The Balaban J connectivity index is 0. The van der Waals surface area contributed by atoms with E-state index in [-0.39, 0.29) is 6.42 Å². The van der Waals surface area contributed by atoms with E-state index in [4.69, 9.17) is 34.2 Å². The standard InChI is InChI=1S/C14H18O5.C7H15O5P.C7H12O5/c1-13(2,3)19-14(11(15)16,12(17)18)9-10-7-5-4-6-8-10;1-5(8)6(13(9,10)11)12-7(2,3)4;1-7(2,3)12-4(5(8)9)6(10)11/h4-8H,9H2,1-3H3,(H,15,16)(H,17,18);6H,1-4H3,(H2,9,10,11);4H,1-3H3,(H,8,9)(H,10,11). The molecule has 1 atom stereocenters. The third-order valence-corrected chi connectivity index (χ3v) is 5.59. The van der Waals surface area contributed by atoms with Crippen LogP contribution in [0.25, 0.3) is 0 Å². The topological polar surface area (TPSA) is 251 Å². The number of carbonyl (C=O) groups is 5. The molecule has 6 N–H and O–H groups in total. The zero-order chi connectivity index (χ0) is 35.5. The summed E-state index contributed by atoms with van der Waals surface area (Å²) in [6, 6.07) is 8.57. The summed E-state index contributed by atoms with van der Waals surface area (Å²) in [7, 11) is -4.50. The molecule has 16 heteroatoms. The van der Waals surface area contributed by atoms with Crippen LogP contribution in [0.2, 0.25) is 0 Å². The van der Waals surface area contributed by atoms with E-state index in [1.54, 1.807) is 92.6 Å². The second-order valence-corrected chi connectivity index (χ2v) is 14.0. The molecule has 0 aliphatic rings. The Kier molecular flexibility index (Phi) is 16.3. The van der Waals surface area contributed by atoms with Crippen molar-refractivity contribution >= 4 is 37.3 Å². The lowest BCUT2D eigenvalue weighted by Crippen LogP contribution is -2.54. The van der Waals surface area contributed by atoms with Gasteiger partial charge in [-0.15, -0.1) is 0 Å². The second kappa shape index (κ2) is 16.8. The maximum absolute atomic E-state index is 11.4. The molecule has 0 spiro atoms. The number of Topliss-reactive ketones (excluding diaryl/α,β-unsaturated/α-hetero) is 1. The minimum Gasteiger partial charge on any atom is -0.479 e. The van der Waals surface area contributed by atoms with Crippen molar-refractivity contribution in [1.29, 1.82) is 0 Å². The molecule has 0 heterocycles. The molecule has 0 fully saturated rings. The van der Waals surface area contributed by atoms with Crippen LogP contribution in [0.3, 0.4) is 0 Å². The van der Waals surface area contributed by atoms with Crippen LogP contribution in [0, 0.1) is 0 Å². The van der Waals surface area contributed by atoms with Crippen molar-refractivity contribution in [1.82, 2.24) is 0 Å². The summed E-state index contributed by atoms with van der Waals surface area (Å²) < 4.78 is 25.9. The Labute approximate surface area is 256 Å². The Morgan fingerprint density at radius 3 is 1.30 bits per heavy atom. The van der Waals surface area contributed by atoms with E-state index in [1.165, 1.54) is 0 Å². The van der Waals surface area contributed by atoms with Gasteiger partial charge in [0.15, 0.2) is 5.78 Å². The van der Waals surface area contributed by atoms with Gasteiger partial charge in [-0.1, -0.05) is 30.3 Å². The normalized spacial score (nSPS) is 13.0. The quantitative estimate of drug-likeness (QED) is 0.148. The average molecular weight is 653 g/mol. The highest BCUT2D eigenvalue weighted by molar-refractivity contribution is 7.53.